The molecule has 1 atom stereocenters. The number of hydrogen-bond donors (Lipinski definition) is 1. The van der Waals surface area contributed by atoms with Gasteiger partial charge in [0.1, 0.15) is 0 Å². The summed E-state index contributed by atoms with van der Waals surface area (Å²) in [5, 5.41) is 0. The van der Waals surface area contributed by atoms with Crippen LogP contribution in [-0.2, 0) is 6.42 Å². The number of halogens is 3. The molecule has 1 aromatic rings. The maximum absolute atomic E-state index is 11.8. The predicted molar refractivity (Wildman–Crippen MR) is 41.1 cm³/mol. The quantitative estimate of drug-likeness (QED) is 0.798. The highest BCUT2D eigenvalue weighted by atomic mass is 19.4. The standard InChI is InChI=1S/C8H10F3NO/c9-8(10,11)4-7(12)3-6-1-2-13-5-6/h1-2,5,7H,3-4,12H2. The zero-order valence-corrected chi connectivity index (χ0v) is 6.84. The van der Waals surface area contributed by atoms with Crippen LogP contribution < -0.4 is 5.73 Å². The second-order valence-electron chi connectivity index (χ2n) is 2.92. The molecule has 0 aliphatic rings. The van der Waals surface area contributed by atoms with Crippen molar-refractivity contribution in [1.82, 2.24) is 0 Å². The van der Waals surface area contributed by atoms with Crippen molar-refractivity contribution < 1.29 is 17.6 Å². The van der Waals surface area contributed by atoms with Gasteiger partial charge in [-0.05, 0) is 18.1 Å². The van der Waals surface area contributed by atoms with E-state index in [1.807, 2.05) is 0 Å². The Labute approximate surface area is 73.5 Å². The summed E-state index contributed by atoms with van der Waals surface area (Å²) in [6.07, 6.45) is -2.15. The van der Waals surface area contributed by atoms with Crippen LogP contribution in [0.15, 0.2) is 23.0 Å². The van der Waals surface area contributed by atoms with E-state index < -0.39 is 18.6 Å². The van der Waals surface area contributed by atoms with Gasteiger partial charge in [0.05, 0.1) is 18.9 Å². The number of furan rings is 1. The van der Waals surface area contributed by atoms with Crippen molar-refractivity contribution in [3.8, 4) is 0 Å². The molecule has 2 N–H and O–H groups in total. The first-order valence-corrected chi connectivity index (χ1v) is 3.81. The average molecular weight is 193 g/mol. The molecule has 5 heteroatoms. The monoisotopic (exact) mass is 193 g/mol. The third kappa shape index (κ3) is 3.98. The van der Waals surface area contributed by atoms with Crippen LogP contribution in [-0.4, -0.2) is 12.2 Å². The summed E-state index contributed by atoms with van der Waals surface area (Å²) in [4.78, 5) is 0. The normalized spacial score (nSPS) is 14.5. The highest BCUT2D eigenvalue weighted by Crippen LogP contribution is 2.22. The average Bonchev–Trinajstić information content (AvgIpc) is 2.34. The SMILES string of the molecule is NC(Cc1ccoc1)CC(F)(F)F. The summed E-state index contributed by atoms with van der Waals surface area (Å²) in [6, 6.07) is 0.716. The molecule has 2 nitrogen and oxygen atoms in total. The van der Waals surface area contributed by atoms with Gasteiger partial charge in [0.15, 0.2) is 0 Å². The summed E-state index contributed by atoms with van der Waals surface area (Å²) >= 11 is 0. The largest absolute Gasteiger partial charge is 0.472 e. The zero-order chi connectivity index (χ0) is 9.90. The zero-order valence-electron chi connectivity index (χ0n) is 6.84. The van der Waals surface area contributed by atoms with Gasteiger partial charge in [-0.15, -0.1) is 0 Å². The highest BCUT2D eigenvalue weighted by Gasteiger charge is 2.30. The lowest BCUT2D eigenvalue weighted by molar-refractivity contribution is -0.138. The first kappa shape index (κ1) is 10.1. The van der Waals surface area contributed by atoms with Crippen molar-refractivity contribution in [2.24, 2.45) is 5.73 Å². The summed E-state index contributed by atoms with van der Waals surface area (Å²) in [6.45, 7) is 0. The van der Waals surface area contributed by atoms with Crippen molar-refractivity contribution in [1.29, 1.82) is 0 Å². The minimum absolute atomic E-state index is 0.190. The van der Waals surface area contributed by atoms with Crippen LogP contribution in [0.3, 0.4) is 0 Å². The van der Waals surface area contributed by atoms with Gasteiger partial charge in [0, 0.05) is 6.04 Å². The summed E-state index contributed by atoms with van der Waals surface area (Å²) in [5.74, 6) is 0. The fourth-order valence-electron chi connectivity index (χ4n) is 1.08. The molecule has 1 aromatic heterocycles. The molecular formula is C8H10F3NO. The molecule has 0 bridgehead atoms. The molecular weight excluding hydrogens is 183 g/mol. The van der Waals surface area contributed by atoms with Gasteiger partial charge in [-0.25, -0.2) is 0 Å². The van der Waals surface area contributed by atoms with Gasteiger partial charge in [-0.1, -0.05) is 0 Å². The smallest absolute Gasteiger partial charge is 0.390 e. The molecule has 74 valence electrons. The maximum Gasteiger partial charge on any atom is 0.390 e. The van der Waals surface area contributed by atoms with Crippen molar-refractivity contribution in [3.05, 3.63) is 24.2 Å². The third-order valence-corrected chi connectivity index (χ3v) is 1.57. The molecule has 1 unspecified atom stereocenters. The second kappa shape index (κ2) is 3.83. The number of hydrogen-bond acceptors (Lipinski definition) is 2. The van der Waals surface area contributed by atoms with E-state index in [1.165, 1.54) is 12.5 Å². The van der Waals surface area contributed by atoms with E-state index in [9.17, 15) is 13.2 Å². The molecule has 1 rings (SSSR count). The van der Waals surface area contributed by atoms with Crippen LogP contribution in [0, 0.1) is 0 Å². The maximum atomic E-state index is 11.8. The van der Waals surface area contributed by atoms with E-state index in [4.69, 9.17) is 10.2 Å². The van der Waals surface area contributed by atoms with Crippen molar-refractivity contribution in [2.45, 2.75) is 25.1 Å². The van der Waals surface area contributed by atoms with Gasteiger partial charge in [0.2, 0.25) is 0 Å². The van der Waals surface area contributed by atoms with Crippen LogP contribution in [0.25, 0.3) is 0 Å². The van der Waals surface area contributed by atoms with Gasteiger partial charge < -0.3 is 10.2 Å². The minimum atomic E-state index is -4.19. The Hall–Kier alpha value is -0.970. The Balaban J connectivity index is 2.38. The third-order valence-electron chi connectivity index (χ3n) is 1.57. The van der Waals surface area contributed by atoms with Crippen LogP contribution in [0.2, 0.25) is 0 Å². The molecule has 0 spiro atoms. The van der Waals surface area contributed by atoms with Gasteiger partial charge >= 0.3 is 6.18 Å². The molecule has 0 aliphatic carbocycles. The van der Waals surface area contributed by atoms with E-state index >= 15 is 0 Å². The first-order valence-electron chi connectivity index (χ1n) is 3.81. The summed E-state index contributed by atoms with van der Waals surface area (Å²) < 4.78 is 40.2. The molecule has 0 aromatic carbocycles. The Morgan fingerprint density at radius 2 is 2.15 bits per heavy atom. The van der Waals surface area contributed by atoms with Gasteiger partial charge in [-0.3, -0.25) is 0 Å². The summed E-state index contributed by atoms with van der Waals surface area (Å²) in [5.41, 5.74) is 5.98. The lowest BCUT2D eigenvalue weighted by atomic mass is 10.1. The first-order chi connectivity index (χ1) is 5.97. The minimum Gasteiger partial charge on any atom is -0.472 e. The molecule has 0 fully saturated rings. The topological polar surface area (TPSA) is 39.2 Å². The molecule has 0 saturated carbocycles. The van der Waals surface area contributed by atoms with Crippen molar-refractivity contribution in [2.75, 3.05) is 0 Å². The predicted octanol–water partition coefficient (Wildman–Crippen LogP) is 2.10. The molecule has 1 heterocycles. The van der Waals surface area contributed by atoms with Crippen molar-refractivity contribution >= 4 is 0 Å². The molecule has 0 radical (unpaired) electrons. The Bertz CT molecular complexity index is 242. The van der Waals surface area contributed by atoms with Crippen LogP contribution in [0.5, 0.6) is 0 Å². The molecule has 0 saturated heterocycles. The summed E-state index contributed by atoms with van der Waals surface area (Å²) in [7, 11) is 0. The van der Waals surface area contributed by atoms with Crippen molar-refractivity contribution in [3.63, 3.8) is 0 Å². The lowest BCUT2D eigenvalue weighted by Crippen LogP contribution is -2.29. The number of alkyl halides is 3. The fourth-order valence-corrected chi connectivity index (χ4v) is 1.08. The molecule has 0 amide bonds. The Kier molecular flexibility index (Phi) is 2.98. The molecule has 13 heavy (non-hydrogen) atoms. The highest BCUT2D eigenvalue weighted by molar-refractivity contribution is 5.07. The van der Waals surface area contributed by atoms with E-state index in [2.05, 4.69) is 0 Å². The number of nitrogens with two attached hydrogens (primary N) is 1. The van der Waals surface area contributed by atoms with E-state index in [-0.39, 0.29) is 6.42 Å². The van der Waals surface area contributed by atoms with E-state index in [1.54, 1.807) is 6.07 Å². The second-order valence-corrected chi connectivity index (χ2v) is 2.92. The van der Waals surface area contributed by atoms with Crippen LogP contribution >= 0.6 is 0 Å². The number of rotatable bonds is 3. The Morgan fingerprint density at radius 3 is 2.62 bits per heavy atom. The van der Waals surface area contributed by atoms with Crippen LogP contribution in [0.4, 0.5) is 13.2 Å². The van der Waals surface area contributed by atoms with E-state index in [0.29, 0.717) is 5.56 Å². The lowest BCUT2D eigenvalue weighted by Gasteiger charge is -2.12. The fraction of sp³-hybridized carbons (Fsp3) is 0.500. The Morgan fingerprint density at radius 1 is 1.46 bits per heavy atom. The van der Waals surface area contributed by atoms with Crippen LogP contribution in [0.1, 0.15) is 12.0 Å². The molecule has 0 aliphatic heterocycles. The van der Waals surface area contributed by atoms with Gasteiger partial charge in [0.25, 0.3) is 0 Å². The van der Waals surface area contributed by atoms with Gasteiger partial charge in [-0.2, -0.15) is 13.2 Å². The van der Waals surface area contributed by atoms with E-state index in [0.717, 1.165) is 0 Å².